The molecule has 4 heteroatoms. The van der Waals surface area contributed by atoms with Gasteiger partial charge < -0.3 is 9.73 Å². The summed E-state index contributed by atoms with van der Waals surface area (Å²) >= 11 is 7.36. The maximum Gasteiger partial charge on any atom is 0.108 e. The summed E-state index contributed by atoms with van der Waals surface area (Å²) in [5, 5.41) is 3.64. The van der Waals surface area contributed by atoms with Crippen LogP contribution in [0.3, 0.4) is 0 Å². The minimum Gasteiger partial charge on any atom is -0.469 e. The largest absolute Gasteiger partial charge is 0.469 e. The Balaban J connectivity index is 2.48. The minimum absolute atomic E-state index is 0.143. The molecule has 0 radical (unpaired) electrons. The van der Waals surface area contributed by atoms with Crippen LogP contribution in [0.25, 0.3) is 0 Å². The van der Waals surface area contributed by atoms with Crippen molar-refractivity contribution in [2.45, 2.75) is 39.7 Å². The highest BCUT2D eigenvalue weighted by Gasteiger charge is 2.21. The number of halogens is 2. The molecule has 1 N–H and O–H groups in total. The van der Waals surface area contributed by atoms with Gasteiger partial charge in [-0.3, -0.25) is 0 Å². The molecule has 0 spiro atoms. The first-order chi connectivity index (χ1) is 10.1. The zero-order chi connectivity index (χ0) is 15.4. The minimum atomic E-state index is 0.143. The van der Waals surface area contributed by atoms with E-state index in [0.29, 0.717) is 0 Å². The van der Waals surface area contributed by atoms with E-state index in [0.717, 1.165) is 34.1 Å². The van der Waals surface area contributed by atoms with Crippen molar-refractivity contribution < 1.29 is 4.42 Å². The Bertz CT molecular complexity index is 607. The van der Waals surface area contributed by atoms with Crippen molar-refractivity contribution in [2.75, 3.05) is 6.54 Å². The van der Waals surface area contributed by atoms with Crippen molar-refractivity contribution in [3.05, 3.63) is 55.9 Å². The first kappa shape index (κ1) is 16.8. The number of hydrogen-bond acceptors (Lipinski definition) is 2. The lowest BCUT2D eigenvalue weighted by Crippen LogP contribution is -2.24. The summed E-state index contributed by atoms with van der Waals surface area (Å²) in [6.45, 7) is 7.37. The molecule has 0 fully saturated rings. The van der Waals surface area contributed by atoms with Gasteiger partial charge in [0.15, 0.2) is 0 Å². The molecule has 0 saturated heterocycles. The van der Waals surface area contributed by atoms with Crippen LogP contribution in [-0.2, 0) is 6.42 Å². The fourth-order valence-corrected chi connectivity index (χ4v) is 3.50. The zero-order valence-corrected chi connectivity index (χ0v) is 15.8. The van der Waals surface area contributed by atoms with E-state index in [-0.39, 0.29) is 6.04 Å². The van der Waals surface area contributed by atoms with Gasteiger partial charge in [-0.2, -0.15) is 0 Å². The van der Waals surface area contributed by atoms with Gasteiger partial charge in [0.05, 0.1) is 12.3 Å². The molecular weight excluding hydrogens is 394 g/mol. The van der Waals surface area contributed by atoms with Crippen molar-refractivity contribution in [1.29, 1.82) is 0 Å². The summed E-state index contributed by atoms with van der Waals surface area (Å²) in [6.07, 6.45) is 3.78. The van der Waals surface area contributed by atoms with E-state index in [9.17, 15) is 0 Å². The van der Waals surface area contributed by atoms with Crippen LogP contribution in [0, 0.1) is 6.92 Å². The number of furan rings is 1. The molecule has 1 unspecified atom stereocenters. The van der Waals surface area contributed by atoms with Gasteiger partial charge in [-0.25, -0.2) is 0 Å². The second-order valence-electron chi connectivity index (χ2n) is 5.16. The van der Waals surface area contributed by atoms with Crippen LogP contribution in [0.15, 0.2) is 37.8 Å². The van der Waals surface area contributed by atoms with E-state index >= 15 is 0 Å². The van der Waals surface area contributed by atoms with E-state index in [1.165, 1.54) is 16.7 Å². The van der Waals surface area contributed by atoms with Crippen molar-refractivity contribution in [3.63, 3.8) is 0 Å². The molecule has 2 nitrogen and oxygen atoms in total. The van der Waals surface area contributed by atoms with E-state index in [1.807, 2.05) is 0 Å². The first-order valence-corrected chi connectivity index (χ1v) is 8.92. The summed E-state index contributed by atoms with van der Waals surface area (Å²) < 4.78 is 7.88. The Hall–Kier alpha value is -0.580. The van der Waals surface area contributed by atoms with Gasteiger partial charge in [0.2, 0.25) is 0 Å². The van der Waals surface area contributed by atoms with Gasteiger partial charge in [0, 0.05) is 20.9 Å². The molecule has 2 aromatic rings. The highest BCUT2D eigenvalue weighted by atomic mass is 79.9. The monoisotopic (exact) mass is 413 g/mol. The smallest absolute Gasteiger partial charge is 0.108 e. The summed E-state index contributed by atoms with van der Waals surface area (Å²) in [7, 11) is 0. The predicted octanol–water partition coefficient (Wildman–Crippen LogP) is 5.76. The lowest BCUT2D eigenvalue weighted by atomic mass is 9.97. The number of benzene rings is 1. The fraction of sp³-hybridized carbons (Fsp3) is 0.412. The number of hydrogen-bond donors (Lipinski definition) is 1. The third-order valence-electron chi connectivity index (χ3n) is 3.60. The Morgan fingerprint density at radius 1 is 1.14 bits per heavy atom. The van der Waals surface area contributed by atoms with Crippen LogP contribution in [0.4, 0.5) is 0 Å². The molecule has 1 atom stereocenters. The molecule has 0 bridgehead atoms. The Labute approximate surface area is 143 Å². The SMILES string of the molecule is CCCNC(c1cc(Br)c(C)cc1Br)c1ccoc1CC. The van der Waals surface area contributed by atoms with Crippen LogP contribution < -0.4 is 5.32 Å². The highest BCUT2D eigenvalue weighted by Crippen LogP contribution is 2.34. The molecular formula is C17H21Br2NO. The number of aryl methyl sites for hydroxylation is 2. The van der Waals surface area contributed by atoms with E-state index in [2.05, 4.69) is 76.1 Å². The van der Waals surface area contributed by atoms with Crippen molar-refractivity contribution >= 4 is 31.9 Å². The predicted molar refractivity (Wildman–Crippen MR) is 94.8 cm³/mol. The molecule has 0 aliphatic rings. The molecule has 0 aliphatic carbocycles. The van der Waals surface area contributed by atoms with Crippen LogP contribution in [0.2, 0.25) is 0 Å². The van der Waals surface area contributed by atoms with Crippen molar-refractivity contribution in [3.8, 4) is 0 Å². The van der Waals surface area contributed by atoms with Crippen LogP contribution in [-0.4, -0.2) is 6.54 Å². The Morgan fingerprint density at radius 2 is 1.90 bits per heavy atom. The number of nitrogens with one attached hydrogen (secondary N) is 1. The van der Waals surface area contributed by atoms with Gasteiger partial charge in [-0.15, -0.1) is 0 Å². The topological polar surface area (TPSA) is 25.2 Å². The average Bonchev–Trinajstić information content (AvgIpc) is 2.93. The molecule has 21 heavy (non-hydrogen) atoms. The van der Waals surface area contributed by atoms with Crippen LogP contribution in [0.1, 0.15) is 48.8 Å². The van der Waals surface area contributed by atoms with Crippen molar-refractivity contribution in [1.82, 2.24) is 5.32 Å². The fourth-order valence-electron chi connectivity index (χ4n) is 2.45. The maximum atomic E-state index is 5.62. The van der Waals surface area contributed by atoms with E-state index in [4.69, 9.17) is 4.42 Å². The lowest BCUT2D eigenvalue weighted by Gasteiger charge is -2.21. The second-order valence-corrected chi connectivity index (χ2v) is 6.87. The Kier molecular flexibility index (Phi) is 6.08. The van der Waals surface area contributed by atoms with Gasteiger partial charge in [-0.1, -0.05) is 45.7 Å². The summed E-state index contributed by atoms with van der Waals surface area (Å²) in [5.41, 5.74) is 3.68. The molecule has 0 saturated carbocycles. The molecule has 1 aromatic heterocycles. The third-order valence-corrected chi connectivity index (χ3v) is 5.14. The summed E-state index contributed by atoms with van der Waals surface area (Å²) in [6, 6.07) is 6.57. The van der Waals surface area contributed by atoms with E-state index < -0.39 is 0 Å². The molecule has 114 valence electrons. The van der Waals surface area contributed by atoms with Gasteiger partial charge >= 0.3 is 0 Å². The van der Waals surface area contributed by atoms with Crippen LogP contribution in [0.5, 0.6) is 0 Å². The summed E-state index contributed by atoms with van der Waals surface area (Å²) in [4.78, 5) is 0. The quantitative estimate of drug-likeness (QED) is 0.649. The molecule has 0 aliphatic heterocycles. The number of rotatable bonds is 6. The van der Waals surface area contributed by atoms with Crippen LogP contribution >= 0.6 is 31.9 Å². The third kappa shape index (κ3) is 3.79. The maximum absolute atomic E-state index is 5.62. The standard InChI is InChI=1S/C17H21Br2NO/c1-4-7-20-17(12-6-8-21-16(12)5-2)13-10-14(18)11(3)9-15(13)19/h6,8-10,17,20H,4-5,7H2,1-3H3. The normalized spacial score (nSPS) is 12.6. The first-order valence-electron chi connectivity index (χ1n) is 7.33. The molecule has 1 heterocycles. The lowest BCUT2D eigenvalue weighted by molar-refractivity contribution is 0.499. The zero-order valence-electron chi connectivity index (χ0n) is 12.7. The molecule has 0 amide bonds. The second kappa shape index (κ2) is 7.61. The highest BCUT2D eigenvalue weighted by molar-refractivity contribution is 9.11. The van der Waals surface area contributed by atoms with Gasteiger partial charge in [-0.05, 0) is 49.2 Å². The van der Waals surface area contributed by atoms with Crippen molar-refractivity contribution in [2.24, 2.45) is 0 Å². The van der Waals surface area contributed by atoms with E-state index in [1.54, 1.807) is 6.26 Å². The molecule has 2 rings (SSSR count). The van der Waals surface area contributed by atoms with Gasteiger partial charge in [0.1, 0.15) is 5.76 Å². The molecule has 1 aromatic carbocycles. The Morgan fingerprint density at radius 3 is 2.57 bits per heavy atom. The summed E-state index contributed by atoms with van der Waals surface area (Å²) in [5.74, 6) is 1.05. The van der Waals surface area contributed by atoms with Gasteiger partial charge in [0.25, 0.3) is 0 Å². The average molecular weight is 415 g/mol.